The fraction of sp³-hybridized carbons (Fsp3) is 0.385. The summed E-state index contributed by atoms with van der Waals surface area (Å²) in [7, 11) is 0. The molecule has 0 radical (unpaired) electrons. The van der Waals surface area contributed by atoms with Gasteiger partial charge in [-0.15, -0.1) is 5.10 Å². The fourth-order valence-corrected chi connectivity index (χ4v) is 1.66. The van der Waals surface area contributed by atoms with Crippen LogP contribution in [-0.2, 0) is 11.3 Å². The molecule has 0 aliphatic rings. The molecule has 1 aromatic heterocycles. The molecule has 19 heavy (non-hydrogen) atoms. The Bertz CT molecular complexity index is 676. The van der Waals surface area contributed by atoms with Crippen molar-refractivity contribution in [1.29, 1.82) is 0 Å². The Labute approximate surface area is 109 Å². The highest BCUT2D eigenvalue weighted by Crippen LogP contribution is 2.20. The number of carbonyl (C=O) groups is 1. The van der Waals surface area contributed by atoms with Crippen molar-refractivity contribution in [2.45, 2.75) is 26.8 Å². The van der Waals surface area contributed by atoms with Gasteiger partial charge in [-0.25, -0.2) is 4.68 Å². The standard InChI is InChI=1S/C13H15N3O3/c1-13(2,12(18)19)7-8-16-11(17)9-5-3-4-6-10(9)14-15-16/h3-6H,7-8H2,1-2H3,(H,18,19). The van der Waals surface area contributed by atoms with Crippen molar-refractivity contribution in [3.63, 3.8) is 0 Å². The second-order valence-electron chi connectivity index (χ2n) is 5.07. The molecule has 0 bridgehead atoms. The van der Waals surface area contributed by atoms with Gasteiger partial charge >= 0.3 is 5.97 Å². The van der Waals surface area contributed by atoms with Crippen LogP contribution < -0.4 is 5.56 Å². The van der Waals surface area contributed by atoms with Gasteiger partial charge < -0.3 is 5.11 Å². The summed E-state index contributed by atoms with van der Waals surface area (Å²) in [5.74, 6) is -0.894. The van der Waals surface area contributed by atoms with E-state index in [0.29, 0.717) is 17.3 Å². The predicted molar refractivity (Wildman–Crippen MR) is 69.8 cm³/mol. The van der Waals surface area contributed by atoms with E-state index >= 15 is 0 Å². The van der Waals surface area contributed by atoms with Gasteiger partial charge in [-0.1, -0.05) is 17.3 Å². The SMILES string of the molecule is CC(C)(CCn1nnc2ccccc2c1=O)C(=O)O. The number of aryl methyl sites for hydroxylation is 1. The molecule has 0 atom stereocenters. The number of nitrogens with zero attached hydrogens (tertiary/aromatic N) is 3. The lowest BCUT2D eigenvalue weighted by Gasteiger charge is -2.18. The summed E-state index contributed by atoms with van der Waals surface area (Å²) in [4.78, 5) is 23.1. The monoisotopic (exact) mass is 261 g/mol. The van der Waals surface area contributed by atoms with Crippen LogP contribution in [0.25, 0.3) is 10.9 Å². The molecule has 0 aliphatic carbocycles. The molecule has 1 aromatic carbocycles. The van der Waals surface area contributed by atoms with E-state index in [9.17, 15) is 9.59 Å². The highest BCUT2D eigenvalue weighted by Gasteiger charge is 2.27. The molecule has 0 saturated heterocycles. The first-order valence-corrected chi connectivity index (χ1v) is 5.98. The Morgan fingerprint density at radius 1 is 1.37 bits per heavy atom. The third kappa shape index (κ3) is 2.62. The summed E-state index contributed by atoms with van der Waals surface area (Å²) in [5, 5.41) is 17.3. The van der Waals surface area contributed by atoms with Crippen LogP contribution in [0, 0.1) is 5.41 Å². The van der Waals surface area contributed by atoms with Gasteiger partial charge in [-0.3, -0.25) is 9.59 Å². The number of carboxylic acids is 1. The van der Waals surface area contributed by atoms with E-state index in [4.69, 9.17) is 5.11 Å². The van der Waals surface area contributed by atoms with Gasteiger partial charge in [0.05, 0.1) is 10.8 Å². The highest BCUT2D eigenvalue weighted by molar-refractivity contribution is 5.76. The molecule has 0 aliphatic heterocycles. The molecule has 1 N–H and O–H groups in total. The summed E-state index contributed by atoms with van der Waals surface area (Å²) < 4.78 is 1.22. The molecule has 6 nitrogen and oxygen atoms in total. The number of aliphatic carboxylic acids is 1. The van der Waals surface area contributed by atoms with E-state index in [0.717, 1.165) is 0 Å². The summed E-state index contributed by atoms with van der Waals surface area (Å²) >= 11 is 0. The maximum absolute atomic E-state index is 12.1. The summed E-state index contributed by atoms with van der Waals surface area (Å²) in [6, 6.07) is 6.95. The molecule has 6 heteroatoms. The number of aromatic nitrogens is 3. The Balaban J connectivity index is 2.30. The zero-order valence-corrected chi connectivity index (χ0v) is 10.8. The van der Waals surface area contributed by atoms with E-state index < -0.39 is 11.4 Å². The van der Waals surface area contributed by atoms with Gasteiger partial charge in [0.1, 0.15) is 5.52 Å². The van der Waals surface area contributed by atoms with Crippen LogP contribution in [0.1, 0.15) is 20.3 Å². The van der Waals surface area contributed by atoms with Gasteiger partial charge in [-0.2, -0.15) is 0 Å². The van der Waals surface area contributed by atoms with Crippen LogP contribution >= 0.6 is 0 Å². The van der Waals surface area contributed by atoms with E-state index in [2.05, 4.69) is 10.3 Å². The minimum Gasteiger partial charge on any atom is -0.481 e. The van der Waals surface area contributed by atoms with Gasteiger partial charge in [0.2, 0.25) is 0 Å². The second-order valence-corrected chi connectivity index (χ2v) is 5.07. The van der Waals surface area contributed by atoms with Crippen molar-refractivity contribution in [2.24, 2.45) is 5.41 Å². The first-order chi connectivity index (χ1) is 8.92. The van der Waals surface area contributed by atoms with Crippen molar-refractivity contribution >= 4 is 16.9 Å². The molecular formula is C13H15N3O3. The van der Waals surface area contributed by atoms with Crippen molar-refractivity contribution in [3.05, 3.63) is 34.6 Å². The molecule has 0 amide bonds. The fourth-order valence-electron chi connectivity index (χ4n) is 1.66. The summed E-state index contributed by atoms with van der Waals surface area (Å²) in [6.07, 6.45) is 0.315. The Morgan fingerprint density at radius 3 is 2.74 bits per heavy atom. The smallest absolute Gasteiger partial charge is 0.309 e. The van der Waals surface area contributed by atoms with Crippen molar-refractivity contribution in [1.82, 2.24) is 15.0 Å². The Morgan fingerprint density at radius 2 is 2.05 bits per heavy atom. The van der Waals surface area contributed by atoms with Crippen LogP contribution in [0.5, 0.6) is 0 Å². The van der Waals surface area contributed by atoms with Gasteiger partial charge in [0, 0.05) is 6.54 Å². The molecule has 1 heterocycles. The summed E-state index contributed by atoms with van der Waals surface area (Å²) in [6.45, 7) is 3.47. The minimum absolute atomic E-state index is 0.232. The third-order valence-corrected chi connectivity index (χ3v) is 3.16. The number of rotatable bonds is 4. The second kappa shape index (κ2) is 4.79. The van der Waals surface area contributed by atoms with Crippen LogP contribution in [0.2, 0.25) is 0 Å². The molecule has 0 saturated carbocycles. The average molecular weight is 261 g/mol. The molecule has 0 spiro atoms. The summed E-state index contributed by atoms with van der Waals surface area (Å²) in [5.41, 5.74) is -0.597. The van der Waals surface area contributed by atoms with E-state index in [1.54, 1.807) is 38.1 Å². The number of hydrogen-bond acceptors (Lipinski definition) is 4. The lowest BCUT2D eigenvalue weighted by molar-refractivity contribution is -0.147. The molecule has 2 rings (SSSR count). The Hall–Kier alpha value is -2.24. The lowest BCUT2D eigenvalue weighted by Crippen LogP contribution is -2.30. The van der Waals surface area contributed by atoms with Crippen molar-refractivity contribution in [2.75, 3.05) is 0 Å². The van der Waals surface area contributed by atoms with Crippen molar-refractivity contribution in [3.8, 4) is 0 Å². The topological polar surface area (TPSA) is 85.1 Å². The number of hydrogen-bond donors (Lipinski definition) is 1. The normalized spacial score (nSPS) is 11.7. The first kappa shape index (κ1) is 13.2. The van der Waals surface area contributed by atoms with Crippen LogP contribution in [-0.4, -0.2) is 26.1 Å². The van der Waals surface area contributed by atoms with Gasteiger partial charge in [0.25, 0.3) is 5.56 Å². The molecule has 0 unspecified atom stereocenters. The largest absolute Gasteiger partial charge is 0.481 e. The van der Waals surface area contributed by atoms with E-state index in [1.807, 2.05) is 0 Å². The van der Waals surface area contributed by atoms with Gasteiger partial charge in [0.15, 0.2) is 0 Å². The quantitative estimate of drug-likeness (QED) is 0.896. The predicted octanol–water partition coefficient (Wildman–Crippen LogP) is 1.29. The lowest BCUT2D eigenvalue weighted by atomic mass is 9.90. The molecule has 2 aromatic rings. The van der Waals surface area contributed by atoms with Crippen LogP contribution in [0.3, 0.4) is 0 Å². The Kier molecular flexibility index (Phi) is 3.33. The van der Waals surface area contributed by atoms with Gasteiger partial charge in [-0.05, 0) is 32.4 Å². The maximum atomic E-state index is 12.1. The van der Waals surface area contributed by atoms with Crippen LogP contribution in [0.15, 0.2) is 29.1 Å². The zero-order chi connectivity index (χ0) is 14.0. The van der Waals surface area contributed by atoms with E-state index in [-0.39, 0.29) is 12.1 Å². The number of fused-ring (bicyclic) bond motifs is 1. The molecular weight excluding hydrogens is 246 g/mol. The minimum atomic E-state index is -0.896. The average Bonchev–Trinajstić information content (AvgIpc) is 2.38. The van der Waals surface area contributed by atoms with E-state index in [1.165, 1.54) is 4.68 Å². The number of carboxylic acid groups (broad SMARTS) is 1. The van der Waals surface area contributed by atoms with Crippen molar-refractivity contribution < 1.29 is 9.90 Å². The highest BCUT2D eigenvalue weighted by atomic mass is 16.4. The zero-order valence-electron chi connectivity index (χ0n) is 10.8. The third-order valence-electron chi connectivity index (χ3n) is 3.16. The first-order valence-electron chi connectivity index (χ1n) is 5.98. The van der Waals surface area contributed by atoms with Crippen LogP contribution in [0.4, 0.5) is 0 Å². The molecule has 0 fully saturated rings. The number of benzene rings is 1. The molecule has 100 valence electrons. The maximum Gasteiger partial charge on any atom is 0.309 e.